The van der Waals surface area contributed by atoms with Gasteiger partial charge in [0, 0.05) is 31.0 Å². The summed E-state index contributed by atoms with van der Waals surface area (Å²) in [6.45, 7) is 5.65. The highest BCUT2D eigenvalue weighted by Crippen LogP contribution is 2.28. The van der Waals surface area contributed by atoms with Gasteiger partial charge in [-0.2, -0.15) is 5.10 Å². The molecule has 2 fully saturated rings. The average Bonchev–Trinajstić information content (AvgIpc) is 3.06. The number of nitrogens with zero attached hydrogens (tertiary/aromatic N) is 4. The summed E-state index contributed by atoms with van der Waals surface area (Å²) in [7, 11) is 0. The second-order valence-electron chi connectivity index (χ2n) is 8.58. The molecule has 1 aliphatic heterocycles. The summed E-state index contributed by atoms with van der Waals surface area (Å²) < 4.78 is 8.84. The van der Waals surface area contributed by atoms with Gasteiger partial charge in [-0.05, 0) is 64.5 Å². The van der Waals surface area contributed by atoms with E-state index < -0.39 is 5.60 Å². The maximum Gasteiger partial charge on any atom is 0.267 e. The van der Waals surface area contributed by atoms with Gasteiger partial charge >= 0.3 is 0 Å². The number of nitrogens with one attached hydrogen (secondary N) is 1. The summed E-state index contributed by atoms with van der Waals surface area (Å²) in [5.41, 5.74) is 1.11. The van der Waals surface area contributed by atoms with Crippen LogP contribution in [0.4, 0.5) is 0 Å². The number of hydrogen-bond donors (Lipinski definition) is 2. The minimum atomic E-state index is -0.748. The Morgan fingerprint density at radius 2 is 2.03 bits per heavy atom. The minimum absolute atomic E-state index is 0.0691. The van der Waals surface area contributed by atoms with Crippen LogP contribution in [0.3, 0.4) is 0 Å². The fraction of sp³-hybridized carbons (Fsp3) is 0.667. The molecule has 29 heavy (non-hydrogen) atoms. The van der Waals surface area contributed by atoms with Gasteiger partial charge in [0.25, 0.3) is 5.56 Å². The van der Waals surface area contributed by atoms with E-state index >= 15 is 0 Å². The Bertz CT molecular complexity index is 892. The van der Waals surface area contributed by atoms with E-state index in [0.29, 0.717) is 25.0 Å². The van der Waals surface area contributed by atoms with Crippen molar-refractivity contribution in [1.82, 2.24) is 24.9 Å². The smallest absolute Gasteiger partial charge is 0.267 e. The van der Waals surface area contributed by atoms with Crippen LogP contribution in [0.1, 0.15) is 56.0 Å². The molecule has 0 aromatic carbocycles. The Balaban J connectivity index is 1.39. The first-order valence-electron chi connectivity index (χ1n) is 10.6. The predicted molar refractivity (Wildman–Crippen MR) is 109 cm³/mol. The fourth-order valence-electron chi connectivity index (χ4n) is 4.49. The maximum absolute atomic E-state index is 12.5. The molecule has 2 aliphatic rings. The van der Waals surface area contributed by atoms with Crippen LogP contribution in [0.15, 0.2) is 23.0 Å². The molecule has 2 aromatic rings. The lowest BCUT2D eigenvalue weighted by atomic mass is 9.90. The van der Waals surface area contributed by atoms with Crippen LogP contribution in [-0.4, -0.2) is 56.1 Å². The van der Waals surface area contributed by atoms with E-state index in [1.54, 1.807) is 21.5 Å². The summed E-state index contributed by atoms with van der Waals surface area (Å²) in [6, 6.07) is 5.77. The third kappa shape index (κ3) is 4.60. The Morgan fingerprint density at radius 3 is 2.69 bits per heavy atom. The van der Waals surface area contributed by atoms with Crippen molar-refractivity contribution in [2.75, 3.05) is 19.8 Å². The topological polar surface area (TPSA) is 94.2 Å². The Labute approximate surface area is 170 Å². The van der Waals surface area contributed by atoms with Crippen molar-refractivity contribution in [2.24, 2.45) is 0 Å². The third-order valence-corrected chi connectivity index (χ3v) is 6.10. The van der Waals surface area contributed by atoms with Crippen LogP contribution in [0.2, 0.25) is 0 Å². The van der Waals surface area contributed by atoms with Gasteiger partial charge in [0.2, 0.25) is 0 Å². The summed E-state index contributed by atoms with van der Waals surface area (Å²) in [6.07, 6.45) is 5.39. The van der Waals surface area contributed by atoms with Crippen molar-refractivity contribution < 1.29 is 9.84 Å². The molecule has 8 nitrogen and oxygen atoms in total. The zero-order valence-corrected chi connectivity index (χ0v) is 17.3. The highest BCUT2D eigenvalue weighted by atomic mass is 16.5. The second kappa shape index (κ2) is 8.38. The molecule has 1 aliphatic carbocycles. The minimum Gasteiger partial charge on any atom is -0.386 e. The monoisotopic (exact) mass is 401 g/mol. The van der Waals surface area contributed by atoms with Gasteiger partial charge in [-0.3, -0.25) is 4.79 Å². The molecule has 0 bridgehead atoms. The van der Waals surface area contributed by atoms with Crippen molar-refractivity contribution in [3.05, 3.63) is 39.9 Å². The van der Waals surface area contributed by atoms with Crippen molar-refractivity contribution in [2.45, 2.75) is 70.1 Å². The average molecular weight is 402 g/mol. The molecule has 2 N–H and O–H groups in total. The fourth-order valence-corrected chi connectivity index (χ4v) is 4.49. The lowest BCUT2D eigenvalue weighted by Gasteiger charge is -2.35. The van der Waals surface area contributed by atoms with Gasteiger partial charge in [0.05, 0.1) is 18.3 Å². The molecule has 0 amide bonds. The number of aryl methyl sites for hydroxylation is 2. The van der Waals surface area contributed by atoms with Crippen molar-refractivity contribution in [3.63, 3.8) is 0 Å². The SMILES string of the molecule is Cc1cc(C)n(-c2ccc(=O)n(C3CCC(NCC4(O)CCCOC4)CC3)n2)n1. The van der Waals surface area contributed by atoms with E-state index in [1.165, 1.54) is 0 Å². The molecule has 0 radical (unpaired) electrons. The Kier molecular flexibility index (Phi) is 5.85. The number of hydrogen-bond acceptors (Lipinski definition) is 6. The van der Waals surface area contributed by atoms with E-state index in [4.69, 9.17) is 4.74 Å². The first-order chi connectivity index (χ1) is 13.9. The van der Waals surface area contributed by atoms with Crippen LogP contribution in [-0.2, 0) is 4.74 Å². The van der Waals surface area contributed by atoms with Crippen molar-refractivity contribution >= 4 is 0 Å². The summed E-state index contributed by atoms with van der Waals surface area (Å²) in [5.74, 6) is 0.676. The second-order valence-corrected chi connectivity index (χ2v) is 8.58. The lowest BCUT2D eigenvalue weighted by Crippen LogP contribution is -2.50. The molecule has 2 aromatic heterocycles. The third-order valence-electron chi connectivity index (χ3n) is 6.10. The Hall–Kier alpha value is -2.03. The maximum atomic E-state index is 12.5. The zero-order valence-electron chi connectivity index (χ0n) is 17.3. The molecular weight excluding hydrogens is 370 g/mol. The van der Waals surface area contributed by atoms with Gasteiger partial charge in [0.15, 0.2) is 5.82 Å². The summed E-state index contributed by atoms with van der Waals surface area (Å²) in [4.78, 5) is 12.5. The summed E-state index contributed by atoms with van der Waals surface area (Å²) in [5, 5.41) is 23.2. The highest BCUT2D eigenvalue weighted by Gasteiger charge is 2.32. The first kappa shape index (κ1) is 20.3. The van der Waals surface area contributed by atoms with E-state index in [2.05, 4.69) is 15.5 Å². The van der Waals surface area contributed by atoms with Crippen LogP contribution >= 0.6 is 0 Å². The molecule has 3 heterocycles. The van der Waals surface area contributed by atoms with E-state index in [0.717, 1.165) is 56.5 Å². The molecular formula is C21H31N5O3. The molecule has 4 rings (SSSR count). The molecule has 1 unspecified atom stereocenters. The standard InChI is InChI=1S/C21H31N5O3/c1-15-12-16(2)25(23-15)19-8-9-20(27)26(24-19)18-6-4-17(5-7-18)22-13-21(28)10-3-11-29-14-21/h8-9,12,17-18,22,28H,3-7,10-11,13-14H2,1-2H3. The van der Waals surface area contributed by atoms with Crippen molar-refractivity contribution in [1.29, 1.82) is 0 Å². The zero-order chi connectivity index (χ0) is 20.4. The van der Waals surface area contributed by atoms with E-state index in [-0.39, 0.29) is 11.6 Å². The van der Waals surface area contributed by atoms with Gasteiger partial charge in [-0.1, -0.05) is 0 Å². The van der Waals surface area contributed by atoms with E-state index in [1.807, 2.05) is 19.9 Å². The van der Waals surface area contributed by atoms with Crippen LogP contribution in [0.25, 0.3) is 5.82 Å². The van der Waals surface area contributed by atoms with Gasteiger partial charge < -0.3 is 15.2 Å². The van der Waals surface area contributed by atoms with Gasteiger partial charge in [-0.15, -0.1) is 5.10 Å². The largest absolute Gasteiger partial charge is 0.386 e. The van der Waals surface area contributed by atoms with Crippen molar-refractivity contribution in [3.8, 4) is 5.82 Å². The molecule has 8 heteroatoms. The summed E-state index contributed by atoms with van der Waals surface area (Å²) >= 11 is 0. The molecule has 0 spiro atoms. The highest BCUT2D eigenvalue weighted by molar-refractivity contribution is 5.24. The molecule has 158 valence electrons. The Morgan fingerprint density at radius 1 is 1.24 bits per heavy atom. The van der Waals surface area contributed by atoms with Gasteiger partial charge in [0.1, 0.15) is 5.60 Å². The number of aromatic nitrogens is 4. The lowest BCUT2D eigenvalue weighted by molar-refractivity contribution is -0.0848. The van der Waals surface area contributed by atoms with Gasteiger partial charge in [-0.25, -0.2) is 9.36 Å². The molecule has 1 saturated carbocycles. The number of rotatable bonds is 5. The van der Waals surface area contributed by atoms with Crippen LogP contribution in [0.5, 0.6) is 0 Å². The molecule has 1 atom stereocenters. The van der Waals surface area contributed by atoms with E-state index in [9.17, 15) is 9.90 Å². The number of ether oxygens (including phenoxy) is 1. The quantitative estimate of drug-likeness (QED) is 0.791. The van der Waals surface area contributed by atoms with Crippen LogP contribution < -0.4 is 10.9 Å². The normalized spacial score (nSPS) is 27.8. The van der Waals surface area contributed by atoms with Crippen LogP contribution in [0, 0.1) is 13.8 Å². The number of aliphatic hydroxyl groups is 1. The predicted octanol–water partition coefficient (Wildman–Crippen LogP) is 1.66. The molecule has 1 saturated heterocycles. The first-order valence-corrected chi connectivity index (χ1v) is 10.6.